The fraction of sp³-hybridized carbons (Fsp3) is 0.432. The molecule has 2 unspecified atom stereocenters. The number of pyridine rings is 1. The van der Waals surface area contributed by atoms with Gasteiger partial charge in [-0.3, -0.25) is 9.98 Å². The minimum atomic E-state index is -4.16. The van der Waals surface area contributed by atoms with E-state index in [2.05, 4.69) is 20.3 Å². The molecule has 2 saturated heterocycles. The molecule has 2 aromatic carbocycles. The predicted molar refractivity (Wildman–Crippen MR) is 191 cm³/mol. The topological polar surface area (TPSA) is 176 Å². The number of aliphatic imine (C=N–C) groups is 1. The molecule has 14 heteroatoms. The van der Waals surface area contributed by atoms with Crippen molar-refractivity contribution in [3.63, 3.8) is 0 Å². The van der Waals surface area contributed by atoms with Crippen LogP contribution in [0.5, 0.6) is 5.88 Å². The van der Waals surface area contributed by atoms with Crippen LogP contribution in [0.15, 0.2) is 82.9 Å². The fourth-order valence-corrected chi connectivity index (χ4v) is 8.20. The lowest BCUT2D eigenvalue weighted by Crippen LogP contribution is -2.51. The predicted octanol–water partition coefficient (Wildman–Crippen LogP) is 4.04. The van der Waals surface area contributed by atoms with Gasteiger partial charge in [-0.1, -0.05) is 44.2 Å². The molecule has 13 nitrogen and oxygen atoms in total. The maximum Gasteiger partial charge on any atom is 0.407 e. The van der Waals surface area contributed by atoms with Gasteiger partial charge in [0, 0.05) is 49.1 Å². The number of nitrogens with one attached hydrogen (secondary N) is 2. The summed E-state index contributed by atoms with van der Waals surface area (Å²) in [4.78, 5) is 24.6. The summed E-state index contributed by atoms with van der Waals surface area (Å²) in [5.41, 5.74) is 2.85. The average Bonchev–Trinajstić information content (AvgIpc) is 3.82. The number of aromatic nitrogens is 2. The van der Waals surface area contributed by atoms with Crippen LogP contribution in [-0.2, 0) is 37.1 Å². The number of nitrogens with zero attached hydrogens (tertiary/aromatic N) is 3. The van der Waals surface area contributed by atoms with E-state index in [4.69, 9.17) is 14.2 Å². The zero-order valence-corrected chi connectivity index (χ0v) is 29.5. The number of alkyl carbamates (subject to hydrolysis) is 1. The molecule has 2 fully saturated rings. The Bertz CT molecular complexity index is 1900. The van der Waals surface area contributed by atoms with E-state index >= 15 is 0 Å². The minimum absolute atomic E-state index is 0.00478. The summed E-state index contributed by atoms with van der Waals surface area (Å²) in [5, 5.41) is 25.6. The van der Waals surface area contributed by atoms with E-state index in [1.165, 1.54) is 22.7 Å². The molecule has 4 aromatic rings. The number of hydrogen-bond donors (Lipinski definition) is 4. The van der Waals surface area contributed by atoms with Crippen LogP contribution in [0.2, 0.25) is 0 Å². The second-order valence-corrected chi connectivity index (χ2v) is 15.4. The number of sulfonamides is 1. The smallest absolute Gasteiger partial charge is 0.407 e. The maximum atomic E-state index is 14.3. The molecule has 2 aliphatic heterocycles. The molecule has 0 spiro atoms. The van der Waals surface area contributed by atoms with E-state index in [0.717, 1.165) is 17.5 Å². The zero-order chi connectivity index (χ0) is 36.0. The van der Waals surface area contributed by atoms with Crippen molar-refractivity contribution in [2.45, 2.75) is 62.5 Å². The third-order valence-electron chi connectivity index (χ3n) is 9.20. The van der Waals surface area contributed by atoms with E-state index in [-0.39, 0.29) is 48.7 Å². The molecule has 2 aromatic heterocycles. The molecule has 0 aliphatic carbocycles. The lowest BCUT2D eigenvalue weighted by atomic mass is 10.0. The van der Waals surface area contributed by atoms with Crippen molar-refractivity contribution in [2.24, 2.45) is 16.8 Å². The number of benzene rings is 2. The van der Waals surface area contributed by atoms with E-state index < -0.39 is 40.7 Å². The first-order valence-electron chi connectivity index (χ1n) is 17.2. The van der Waals surface area contributed by atoms with E-state index in [1.807, 2.05) is 56.3 Å². The molecule has 4 N–H and O–H groups in total. The molecule has 0 bridgehead atoms. The summed E-state index contributed by atoms with van der Waals surface area (Å²) in [7, 11) is -4.16. The van der Waals surface area contributed by atoms with Gasteiger partial charge in [-0.2, -0.15) is 4.31 Å². The summed E-state index contributed by atoms with van der Waals surface area (Å²) in [5.74, 6) is -0.258. The van der Waals surface area contributed by atoms with Gasteiger partial charge in [-0.25, -0.2) is 13.2 Å². The van der Waals surface area contributed by atoms with Gasteiger partial charge >= 0.3 is 6.09 Å². The largest absolute Gasteiger partial charge is 0.494 e. The van der Waals surface area contributed by atoms with Gasteiger partial charge in [0.25, 0.3) is 0 Å². The van der Waals surface area contributed by atoms with Gasteiger partial charge in [-0.05, 0) is 66.6 Å². The molecular formula is C37H45N5O8S. The van der Waals surface area contributed by atoms with E-state index in [9.17, 15) is 23.4 Å². The number of hydrogen-bond acceptors (Lipinski definition) is 10. The summed E-state index contributed by atoms with van der Waals surface area (Å²) in [6.45, 7) is 4.83. The highest BCUT2D eigenvalue weighted by molar-refractivity contribution is 7.89. The van der Waals surface area contributed by atoms with Crippen LogP contribution < -0.4 is 5.32 Å². The second kappa shape index (κ2) is 16.3. The Labute approximate surface area is 297 Å². The Hall–Kier alpha value is -4.34. The first-order chi connectivity index (χ1) is 24.6. The first-order valence-corrected chi connectivity index (χ1v) is 18.7. The lowest BCUT2D eigenvalue weighted by Gasteiger charge is -2.31. The molecule has 272 valence electrons. The average molecular weight is 720 g/mol. The van der Waals surface area contributed by atoms with Crippen LogP contribution in [0.3, 0.4) is 0 Å². The molecule has 2 aliphatic rings. The van der Waals surface area contributed by atoms with Crippen LogP contribution in [-0.4, -0.2) is 103 Å². The van der Waals surface area contributed by atoms with Crippen molar-refractivity contribution in [1.82, 2.24) is 19.6 Å². The molecule has 0 saturated carbocycles. The monoisotopic (exact) mass is 719 g/mol. The Morgan fingerprint density at radius 3 is 2.67 bits per heavy atom. The Balaban J connectivity index is 1.21. The van der Waals surface area contributed by atoms with Crippen molar-refractivity contribution in [3.8, 4) is 5.88 Å². The Kier molecular flexibility index (Phi) is 11.7. The van der Waals surface area contributed by atoms with Crippen molar-refractivity contribution in [2.75, 3.05) is 32.8 Å². The number of aliphatic hydroxyl groups excluding tert-OH is 1. The third kappa shape index (κ3) is 8.94. The van der Waals surface area contributed by atoms with Gasteiger partial charge in [0.15, 0.2) is 12.2 Å². The molecular weight excluding hydrogens is 675 g/mol. The normalized spacial score (nSPS) is 20.3. The number of carbonyl (C=O) groups excluding carboxylic acids is 1. The summed E-state index contributed by atoms with van der Waals surface area (Å²) < 4.78 is 46.7. The fourth-order valence-electron chi connectivity index (χ4n) is 6.55. The van der Waals surface area contributed by atoms with E-state index in [1.54, 1.807) is 18.5 Å². The number of carbonyl (C=O) groups is 1. The Morgan fingerprint density at radius 1 is 1.12 bits per heavy atom. The molecule has 5 atom stereocenters. The first kappa shape index (κ1) is 36.5. The number of ether oxygens (including phenoxy) is 3. The second-order valence-electron chi connectivity index (χ2n) is 13.4. The van der Waals surface area contributed by atoms with Crippen LogP contribution >= 0.6 is 0 Å². The molecule has 0 radical (unpaired) electrons. The molecule has 4 heterocycles. The van der Waals surface area contributed by atoms with Crippen molar-refractivity contribution < 1.29 is 37.6 Å². The highest BCUT2D eigenvalue weighted by Gasteiger charge is 2.44. The van der Waals surface area contributed by atoms with Gasteiger partial charge in [-0.15, -0.1) is 0 Å². The number of fused-ring (bicyclic) bond motifs is 2. The van der Waals surface area contributed by atoms with Gasteiger partial charge < -0.3 is 34.7 Å². The Morgan fingerprint density at radius 2 is 1.90 bits per heavy atom. The highest BCUT2D eigenvalue weighted by Crippen LogP contribution is 2.33. The number of aromatic hydroxyl groups is 1. The number of rotatable bonds is 15. The number of amides is 1. The standard InChI is InChI=1S/C37H45N5O8S/c1-24(2)21-42(22-33(43)32(18-26-6-4-3-5-7-26)41-37(45)50-34-23-49-36-28(34)13-17-48-36)51(46,47)27-8-9-31-29(19-27)30(35(44)40-31)20-39-16-12-25-10-14-38-15-11-25/h3-11,14-15,19-20,24,28,32-34,36,40,43-44H,12-13,16-18,21-23H2,1-2H3,(H,41,45)/t28?,32-,33+,34-,36?/m0/s1. The zero-order valence-electron chi connectivity index (χ0n) is 28.7. The molecule has 6 rings (SSSR count). The van der Waals surface area contributed by atoms with Gasteiger partial charge in [0.1, 0.15) is 6.10 Å². The lowest BCUT2D eigenvalue weighted by molar-refractivity contribution is -0.0907. The maximum absolute atomic E-state index is 14.3. The van der Waals surface area contributed by atoms with Crippen molar-refractivity contribution in [1.29, 1.82) is 0 Å². The van der Waals surface area contributed by atoms with Crippen LogP contribution in [0.1, 0.15) is 37.0 Å². The third-order valence-corrected chi connectivity index (χ3v) is 11.0. The SMILES string of the molecule is CC(C)CN(C[C@@H](O)[C@H](Cc1ccccc1)NC(=O)O[C@H]1COC2OCCC21)S(=O)(=O)c1ccc2[nH]c(O)c(C=NCCc3ccncc3)c2c1. The van der Waals surface area contributed by atoms with Crippen LogP contribution in [0, 0.1) is 11.8 Å². The quantitative estimate of drug-likeness (QED) is 0.132. The highest BCUT2D eigenvalue weighted by atomic mass is 32.2. The summed E-state index contributed by atoms with van der Waals surface area (Å²) in [6.07, 6.45) is 3.72. The summed E-state index contributed by atoms with van der Waals surface area (Å²) >= 11 is 0. The van der Waals surface area contributed by atoms with Crippen molar-refractivity contribution in [3.05, 3.63) is 89.7 Å². The van der Waals surface area contributed by atoms with E-state index in [0.29, 0.717) is 36.0 Å². The van der Waals surface area contributed by atoms with Crippen molar-refractivity contribution >= 4 is 33.2 Å². The molecule has 1 amide bonds. The number of aromatic amines is 1. The van der Waals surface area contributed by atoms with Crippen LogP contribution in [0.4, 0.5) is 4.79 Å². The number of H-pyrrole nitrogens is 1. The number of aliphatic hydroxyl groups is 1. The minimum Gasteiger partial charge on any atom is -0.494 e. The van der Waals surface area contributed by atoms with Crippen LogP contribution in [0.25, 0.3) is 10.9 Å². The van der Waals surface area contributed by atoms with Gasteiger partial charge in [0.05, 0.1) is 41.7 Å². The molecule has 51 heavy (non-hydrogen) atoms. The summed E-state index contributed by atoms with van der Waals surface area (Å²) in [6, 6.07) is 16.9. The van der Waals surface area contributed by atoms with Gasteiger partial charge in [0.2, 0.25) is 10.0 Å².